The predicted octanol–water partition coefficient (Wildman–Crippen LogP) is 3.35. The fourth-order valence-electron chi connectivity index (χ4n) is 5.68. The summed E-state index contributed by atoms with van der Waals surface area (Å²) >= 11 is 0. The molecule has 3 aliphatic rings. The fourth-order valence-corrected chi connectivity index (χ4v) is 5.68. The van der Waals surface area contributed by atoms with Gasteiger partial charge in [0.15, 0.2) is 0 Å². The first-order valence-corrected chi connectivity index (χ1v) is 15.3. The van der Waals surface area contributed by atoms with Crippen LogP contribution in [0.4, 0.5) is 14.0 Å². The second-order valence-electron chi connectivity index (χ2n) is 12.9. The van der Waals surface area contributed by atoms with Gasteiger partial charge in [-0.3, -0.25) is 14.6 Å². The van der Waals surface area contributed by atoms with Crippen LogP contribution < -0.4 is 16.0 Å². The number of nitrogens with one attached hydrogen (secondary N) is 3. The van der Waals surface area contributed by atoms with Crippen LogP contribution in [0.3, 0.4) is 0 Å². The Bertz CT molecular complexity index is 1320. The third-order valence-corrected chi connectivity index (χ3v) is 8.11. The average Bonchev–Trinajstić information content (AvgIpc) is 3.48. The molecule has 6 atom stereocenters. The molecule has 3 heterocycles. The zero-order valence-electron chi connectivity index (χ0n) is 26.0. The molecule has 45 heavy (non-hydrogen) atoms. The molecule has 1 saturated carbocycles. The van der Waals surface area contributed by atoms with Gasteiger partial charge >= 0.3 is 18.2 Å². The highest BCUT2D eigenvalue weighted by molar-refractivity contribution is 5.96. The minimum absolute atomic E-state index is 0.0937. The summed E-state index contributed by atoms with van der Waals surface area (Å²) in [6.45, 7) is 6.56. The lowest BCUT2D eigenvalue weighted by atomic mass is 10.0. The van der Waals surface area contributed by atoms with Crippen LogP contribution in [0.5, 0.6) is 0 Å². The van der Waals surface area contributed by atoms with Crippen LogP contribution in [-0.2, 0) is 23.9 Å². The second kappa shape index (κ2) is 13.8. The molecule has 0 radical (unpaired) electrons. The van der Waals surface area contributed by atoms with Crippen molar-refractivity contribution in [1.82, 2.24) is 25.8 Å². The van der Waals surface area contributed by atoms with Crippen LogP contribution in [-0.4, -0.2) is 80.8 Å². The number of alkyl carbamates (subject to hydrolysis) is 2. The van der Waals surface area contributed by atoms with Gasteiger partial charge in [0.25, 0.3) is 0 Å². The van der Waals surface area contributed by atoms with E-state index < -0.39 is 77.1 Å². The number of hydrogen-bond acceptors (Lipinski definition) is 8. The number of pyridine rings is 1. The summed E-state index contributed by atoms with van der Waals surface area (Å²) < 4.78 is 24.2. The molecule has 2 aliphatic heterocycles. The van der Waals surface area contributed by atoms with E-state index in [0.29, 0.717) is 18.5 Å². The number of allylic oxidation sites excluding steroid dienone is 1. The van der Waals surface area contributed by atoms with Gasteiger partial charge in [-0.05, 0) is 65.5 Å². The van der Waals surface area contributed by atoms with E-state index in [9.17, 15) is 33.5 Å². The predicted molar refractivity (Wildman–Crippen MR) is 158 cm³/mol. The fraction of sp³-hybridized carbons (Fsp3) is 0.613. The highest BCUT2D eigenvalue weighted by Crippen LogP contribution is 2.45. The highest BCUT2D eigenvalue weighted by atomic mass is 19.1. The number of hydrogen-bond donors (Lipinski definition) is 4. The molecule has 13 nitrogen and oxygen atoms in total. The number of carbonyl (C=O) groups is 5. The molecule has 0 spiro atoms. The summed E-state index contributed by atoms with van der Waals surface area (Å²) in [5.41, 5.74) is -1.91. The topological polar surface area (TPSA) is 176 Å². The number of aliphatic carboxylic acids is 1. The van der Waals surface area contributed by atoms with E-state index >= 15 is 0 Å². The van der Waals surface area contributed by atoms with Crippen LogP contribution in [0.2, 0.25) is 0 Å². The molecule has 1 aromatic heterocycles. The zero-order chi connectivity index (χ0) is 32.9. The number of nitrogens with zero attached hydrogens (tertiary/aromatic N) is 2. The van der Waals surface area contributed by atoms with Crippen molar-refractivity contribution in [3.05, 3.63) is 42.0 Å². The molecule has 246 valence electrons. The molecule has 4 amide bonds. The Balaban J connectivity index is 1.55. The van der Waals surface area contributed by atoms with Gasteiger partial charge in [-0.25, -0.2) is 18.8 Å². The van der Waals surface area contributed by atoms with Gasteiger partial charge in [0, 0.05) is 12.3 Å². The molecule has 0 aromatic carbocycles. The Labute approximate surface area is 261 Å². The van der Waals surface area contributed by atoms with Gasteiger partial charge in [0.05, 0.1) is 24.5 Å². The molecule has 4 N–H and O–H groups in total. The number of halogens is 1. The Hall–Kier alpha value is -4.23. The molecular weight excluding hydrogens is 589 g/mol. The van der Waals surface area contributed by atoms with Crippen molar-refractivity contribution >= 4 is 30.0 Å². The third-order valence-electron chi connectivity index (χ3n) is 8.11. The molecule has 1 unspecified atom stereocenters. The highest BCUT2D eigenvalue weighted by Gasteiger charge is 2.61. The van der Waals surface area contributed by atoms with Crippen molar-refractivity contribution in [3.63, 3.8) is 0 Å². The van der Waals surface area contributed by atoms with E-state index in [1.165, 1.54) is 17.0 Å². The first kappa shape index (κ1) is 33.7. The quantitative estimate of drug-likeness (QED) is 0.355. The SMILES string of the molecule is C[C@@H](NC(=O)O[C@@H]1CC2C(=O)N[C@]3(C(=O)O)C[C@H]3/C=C\CCCCC[C@H](NC(=O)OC(C)(C)C)C(=O)N2C1)c1ccc(F)cn1. The molecule has 1 aliphatic carbocycles. The molecule has 1 aromatic rings. The summed E-state index contributed by atoms with van der Waals surface area (Å²) in [7, 11) is 0. The van der Waals surface area contributed by atoms with E-state index in [1.54, 1.807) is 27.7 Å². The minimum atomic E-state index is -1.50. The van der Waals surface area contributed by atoms with Gasteiger partial charge in [-0.15, -0.1) is 0 Å². The van der Waals surface area contributed by atoms with Crippen LogP contribution in [0.1, 0.15) is 84.4 Å². The van der Waals surface area contributed by atoms with Gasteiger partial charge < -0.3 is 35.4 Å². The molecule has 4 rings (SSSR count). The van der Waals surface area contributed by atoms with Crippen LogP contribution in [0.25, 0.3) is 0 Å². The maximum atomic E-state index is 14.0. The van der Waals surface area contributed by atoms with Crippen LogP contribution in [0, 0.1) is 11.7 Å². The Kier molecular flexibility index (Phi) is 10.3. The molecule has 1 saturated heterocycles. The number of carboxylic acids is 1. The summed E-state index contributed by atoms with van der Waals surface area (Å²) in [6, 6.07) is -0.195. The van der Waals surface area contributed by atoms with Crippen molar-refractivity contribution in [2.24, 2.45) is 5.92 Å². The Morgan fingerprint density at radius 1 is 1.18 bits per heavy atom. The first-order valence-electron chi connectivity index (χ1n) is 15.3. The van der Waals surface area contributed by atoms with Gasteiger partial charge in [0.2, 0.25) is 11.8 Å². The maximum Gasteiger partial charge on any atom is 0.408 e. The number of amides is 4. The largest absolute Gasteiger partial charge is 0.479 e. The van der Waals surface area contributed by atoms with Crippen molar-refractivity contribution in [1.29, 1.82) is 0 Å². The van der Waals surface area contributed by atoms with Crippen LogP contribution in [0.15, 0.2) is 30.5 Å². The van der Waals surface area contributed by atoms with E-state index in [4.69, 9.17) is 9.47 Å². The summed E-state index contributed by atoms with van der Waals surface area (Å²) in [4.78, 5) is 70.6. The van der Waals surface area contributed by atoms with Crippen molar-refractivity contribution in [2.75, 3.05) is 6.54 Å². The maximum absolute atomic E-state index is 14.0. The summed E-state index contributed by atoms with van der Waals surface area (Å²) in [6.07, 6.45) is 5.47. The number of aromatic nitrogens is 1. The second-order valence-corrected chi connectivity index (χ2v) is 12.9. The number of fused-ring (bicyclic) bond motifs is 2. The standard InChI is InChI=1S/C31H42FN5O8/c1-18(22-13-12-20(32)16-33-22)34-28(42)44-21-14-24-25(38)36-31(27(40)41)15-19(31)10-8-6-5-7-9-11-23(26(39)37(24)17-21)35-29(43)45-30(2,3)4/h8,10,12-13,16,18-19,21,23-24H,5-7,9,11,14-15,17H2,1-4H3,(H,34,42)(H,35,43)(H,36,38)(H,40,41)/b10-8-/t18-,19-,21-,23+,24?,31-/m1/s1. The lowest BCUT2D eigenvalue weighted by Gasteiger charge is -2.30. The lowest BCUT2D eigenvalue weighted by molar-refractivity contribution is -0.145. The average molecular weight is 632 g/mol. The van der Waals surface area contributed by atoms with Gasteiger partial charge in [-0.1, -0.05) is 25.0 Å². The van der Waals surface area contributed by atoms with Gasteiger partial charge in [-0.2, -0.15) is 0 Å². The van der Waals surface area contributed by atoms with Crippen molar-refractivity contribution in [2.45, 2.75) is 108 Å². The van der Waals surface area contributed by atoms with Crippen LogP contribution >= 0.6 is 0 Å². The van der Waals surface area contributed by atoms with Gasteiger partial charge in [0.1, 0.15) is 35.1 Å². The number of carboxylic acid groups (broad SMARTS) is 1. The lowest BCUT2D eigenvalue weighted by Crippen LogP contribution is -2.56. The monoisotopic (exact) mass is 631 g/mol. The van der Waals surface area contributed by atoms with E-state index in [1.807, 2.05) is 12.2 Å². The molecular formula is C31H42FN5O8. The zero-order valence-corrected chi connectivity index (χ0v) is 26.0. The summed E-state index contributed by atoms with van der Waals surface area (Å²) in [5, 5.41) is 17.9. The first-order chi connectivity index (χ1) is 21.2. The third kappa shape index (κ3) is 8.70. The van der Waals surface area contributed by atoms with E-state index in [2.05, 4.69) is 20.9 Å². The molecule has 0 bridgehead atoms. The number of ether oxygens (including phenoxy) is 2. The Morgan fingerprint density at radius 2 is 1.93 bits per heavy atom. The molecule has 14 heteroatoms. The minimum Gasteiger partial charge on any atom is -0.479 e. The normalized spacial score (nSPS) is 28.6. The van der Waals surface area contributed by atoms with E-state index in [0.717, 1.165) is 19.0 Å². The van der Waals surface area contributed by atoms with Crippen molar-refractivity contribution in [3.8, 4) is 0 Å². The molecule has 2 fully saturated rings. The number of rotatable bonds is 5. The van der Waals surface area contributed by atoms with Crippen molar-refractivity contribution < 1.29 is 42.9 Å². The Morgan fingerprint density at radius 3 is 2.60 bits per heavy atom. The number of carbonyl (C=O) groups excluding carboxylic acids is 4. The summed E-state index contributed by atoms with van der Waals surface area (Å²) in [5.74, 6) is -3.35. The van der Waals surface area contributed by atoms with E-state index in [-0.39, 0.29) is 25.8 Å². The smallest absolute Gasteiger partial charge is 0.408 e.